The summed E-state index contributed by atoms with van der Waals surface area (Å²) in [6, 6.07) is 10.4. The predicted octanol–water partition coefficient (Wildman–Crippen LogP) is 5.11. The number of carbonyl (C=O) groups is 2. The molecular weight excluding hydrogens is 436 g/mol. The maximum absolute atomic E-state index is 13.5. The second-order valence-corrected chi connectivity index (χ2v) is 8.07. The summed E-state index contributed by atoms with van der Waals surface area (Å²) in [4.78, 5) is 24.4. The number of carboxylic acid groups (broad SMARTS) is 1. The summed E-state index contributed by atoms with van der Waals surface area (Å²) < 4.78 is 33.6. The highest BCUT2D eigenvalue weighted by Crippen LogP contribution is 2.39. The number of rotatable bonds is 3. The maximum atomic E-state index is 13.5. The molecule has 1 saturated carbocycles. The van der Waals surface area contributed by atoms with Gasteiger partial charge in [-0.3, -0.25) is 4.79 Å². The minimum atomic E-state index is -2.90. The molecule has 1 aliphatic rings. The van der Waals surface area contributed by atoms with Crippen molar-refractivity contribution >= 4 is 49.7 Å². The van der Waals surface area contributed by atoms with E-state index in [1.165, 1.54) is 6.07 Å². The number of hydrogen-bond acceptors (Lipinski definition) is 3. The molecule has 5 nitrogen and oxygen atoms in total. The Morgan fingerprint density at radius 2 is 1.61 bits per heavy atom. The van der Waals surface area contributed by atoms with Gasteiger partial charge in [-0.15, -0.1) is 0 Å². The number of amides is 1. The number of fused-ring (bicyclic) bond motifs is 3. The first-order valence-corrected chi connectivity index (χ1v) is 9.54. The van der Waals surface area contributed by atoms with Crippen molar-refractivity contribution in [1.29, 1.82) is 0 Å². The fourth-order valence-corrected chi connectivity index (χ4v) is 3.96. The van der Waals surface area contributed by atoms with Gasteiger partial charge in [0.05, 0.1) is 0 Å². The molecule has 1 heterocycles. The van der Waals surface area contributed by atoms with Gasteiger partial charge in [0.25, 0.3) is 5.91 Å². The number of halogens is 3. The second kappa shape index (κ2) is 6.55. The Morgan fingerprint density at radius 3 is 2.25 bits per heavy atom. The smallest absolute Gasteiger partial charge is 0.329 e. The molecule has 0 radical (unpaired) electrons. The van der Waals surface area contributed by atoms with Gasteiger partial charge in [0.2, 0.25) is 5.92 Å². The van der Waals surface area contributed by atoms with Crippen molar-refractivity contribution in [3.63, 3.8) is 0 Å². The molecule has 146 valence electrons. The zero-order valence-corrected chi connectivity index (χ0v) is 16.2. The molecule has 0 aliphatic heterocycles. The Hall–Kier alpha value is -2.48. The van der Waals surface area contributed by atoms with Crippen molar-refractivity contribution in [2.24, 2.45) is 0 Å². The van der Waals surface area contributed by atoms with Crippen LogP contribution in [0.2, 0.25) is 0 Å². The quantitative estimate of drug-likeness (QED) is 0.579. The minimum Gasteiger partial charge on any atom is -0.480 e. The third kappa shape index (κ3) is 3.26. The van der Waals surface area contributed by atoms with Crippen molar-refractivity contribution in [2.75, 3.05) is 0 Å². The summed E-state index contributed by atoms with van der Waals surface area (Å²) in [5.41, 5.74) is -0.339. The Labute approximate surface area is 166 Å². The third-order valence-electron chi connectivity index (χ3n) is 5.29. The van der Waals surface area contributed by atoms with Gasteiger partial charge in [0.1, 0.15) is 16.7 Å². The van der Waals surface area contributed by atoms with Crippen LogP contribution in [0.4, 0.5) is 8.78 Å². The molecule has 1 aromatic heterocycles. The highest BCUT2D eigenvalue weighted by molar-refractivity contribution is 9.10. The summed E-state index contributed by atoms with van der Waals surface area (Å²) in [5.74, 6) is -4.83. The number of carboxylic acids is 1. The fourth-order valence-electron chi connectivity index (χ4n) is 3.62. The van der Waals surface area contributed by atoms with E-state index in [4.69, 9.17) is 4.42 Å². The van der Waals surface area contributed by atoms with E-state index in [1.54, 1.807) is 12.1 Å². The monoisotopic (exact) mass is 451 g/mol. The van der Waals surface area contributed by atoms with E-state index in [0.717, 1.165) is 15.2 Å². The molecule has 8 heteroatoms. The van der Waals surface area contributed by atoms with Gasteiger partial charge in [-0.2, -0.15) is 0 Å². The number of benzene rings is 2. The summed E-state index contributed by atoms with van der Waals surface area (Å²) in [6.45, 7) is 0. The van der Waals surface area contributed by atoms with Crippen LogP contribution in [0.25, 0.3) is 21.9 Å². The van der Waals surface area contributed by atoms with Crippen molar-refractivity contribution in [1.82, 2.24) is 5.32 Å². The lowest BCUT2D eigenvalue weighted by Gasteiger charge is -2.37. The summed E-state index contributed by atoms with van der Waals surface area (Å²) in [6.07, 6.45) is -1.78. The number of hydrogen-bond donors (Lipinski definition) is 2. The largest absolute Gasteiger partial charge is 0.480 e. The Bertz CT molecular complexity index is 1100. The number of alkyl halides is 2. The molecule has 0 unspecified atom stereocenters. The molecule has 2 aromatic carbocycles. The highest BCUT2D eigenvalue weighted by Gasteiger charge is 2.49. The van der Waals surface area contributed by atoms with Gasteiger partial charge < -0.3 is 14.8 Å². The first kappa shape index (κ1) is 18.9. The Balaban J connectivity index is 1.64. The van der Waals surface area contributed by atoms with Crippen LogP contribution in [0.15, 0.2) is 45.3 Å². The Kier molecular flexibility index (Phi) is 4.41. The fraction of sp³-hybridized carbons (Fsp3) is 0.300. The van der Waals surface area contributed by atoms with Crippen LogP contribution < -0.4 is 5.32 Å². The molecule has 4 rings (SSSR count). The zero-order valence-electron chi connectivity index (χ0n) is 14.6. The number of carbonyl (C=O) groups excluding carboxylic acids is 1. The summed E-state index contributed by atoms with van der Waals surface area (Å²) >= 11 is 3.38. The van der Waals surface area contributed by atoms with E-state index < -0.39 is 36.2 Å². The lowest BCUT2D eigenvalue weighted by atomic mass is 9.79. The van der Waals surface area contributed by atoms with E-state index in [1.807, 2.05) is 18.2 Å². The molecule has 0 atom stereocenters. The Morgan fingerprint density at radius 1 is 1.00 bits per heavy atom. The van der Waals surface area contributed by atoms with Crippen molar-refractivity contribution in [2.45, 2.75) is 37.1 Å². The number of aliphatic carboxylic acids is 1. The second-order valence-electron chi connectivity index (χ2n) is 7.15. The minimum absolute atomic E-state index is 0.212. The van der Waals surface area contributed by atoms with Crippen LogP contribution in [0.5, 0.6) is 0 Å². The third-order valence-corrected chi connectivity index (χ3v) is 5.79. The van der Waals surface area contributed by atoms with Gasteiger partial charge in [0, 0.05) is 33.7 Å². The van der Waals surface area contributed by atoms with E-state index >= 15 is 0 Å². The molecule has 28 heavy (non-hydrogen) atoms. The van der Waals surface area contributed by atoms with Gasteiger partial charge in [0.15, 0.2) is 0 Å². The van der Waals surface area contributed by atoms with Crippen LogP contribution in [0.1, 0.15) is 36.0 Å². The normalized spacial score (nSPS) is 18.2. The highest BCUT2D eigenvalue weighted by atomic mass is 79.9. The summed E-state index contributed by atoms with van der Waals surface area (Å²) in [5, 5.41) is 13.8. The average Bonchev–Trinajstić information content (AvgIpc) is 2.99. The first-order chi connectivity index (χ1) is 13.2. The van der Waals surface area contributed by atoms with Gasteiger partial charge in [-0.1, -0.05) is 15.9 Å². The lowest BCUT2D eigenvalue weighted by molar-refractivity contribution is -0.149. The van der Waals surface area contributed by atoms with E-state index in [-0.39, 0.29) is 18.4 Å². The SMILES string of the molecule is O=C(NC1(C(=O)O)CCC(F)(F)CC1)c1ccc2c(c1)oc1cc(Br)ccc12. The van der Waals surface area contributed by atoms with Crippen LogP contribution in [0.3, 0.4) is 0 Å². The van der Waals surface area contributed by atoms with Gasteiger partial charge in [-0.05, 0) is 49.2 Å². The molecule has 0 saturated heterocycles. The van der Waals surface area contributed by atoms with Gasteiger partial charge >= 0.3 is 5.97 Å². The number of nitrogens with one attached hydrogen (secondary N) is 1. The van der Waals surface area contributed by atoms with Crippen LogP contribution >= 0.6 is 15.9 Å². The predicted molar refractivity (Wildman–Crippen MR) is 103 cm³/mol. The van der Waals surface area contributed by atoms with Crippen LogP contribution in [-0.4, -0.2) is 28.4 Å². The van der Waals surface area contributed by atoms with Crippen LogP contribution in [-0.2, 0) is 4.79 Å². The van der Waals surface area contributed by atoms with Crippen LogP contribution in [0, 0.1) is 0 Å². The molecule has 3 aromatic rings. The van der Waals surface area contributed by atoms with E-state index in [9.17, 15) is 23.5 Å². The molecule has 2 N–H and O–H groups in total. The molecule has 0 bridgehead atoms. The molecule has 1 aliphatic carbocycles. The topological polar surface area (TPSA) is 79.5 Å². The average molecular weight is 452 g/mol. The van der Waals surface area contributed by atoms with Gasteiger partial charge in [-0.25, -0.2) is 13.6 Å². The van der Waals surface area contributed by atoms with E-state index in [0.29, 0.717) is 11.2 Å². The summed E-state index contributed by atoms with van der Waals surface area (Å²) in [7, 11) is 0. The van der Waals surface area contributed by atoms with Crippen molar-refractivity contribution < 1.29 is 27.9 Å². The molecular formula is C20H16BrF2NO4. The lowest BCUT2D eigenvalue weighted by Crippen LogP contribution is -2.57. The molecule has 1 amide bonds. The first-order valence-electron chi connectivity index (χ1n) is 8.75. The standard InChI is InChI=1S/C20H16BrF2NO4/c21-12-2-4-14-13-3-1-11(9-15(13)28-16(14)10-12)17(25)24-19(18(26)27)5-7-20(22,23)8-6-19/h1-4,9-10H,5-8H2,(H,24,25)(H,26,27). The van der Waals surface area contributed by atoms with Crippen molar-refractivity contribution in [3.05, 3.63) is 46.4 Å². The van der Waals surface area contributed by atoms with E-state index in [2.05, 4.69) is 21.2 Å². The number of furan rings is 1. The van der Waals surface area contributed by atoms with Crippen molar-refractivity contribution in [3.8, 4) is 0 Å². The molecule has 0 spiro atoms. The maximum Gasteiger partial charge on any atom is 0.329 e. The zero-order chi connectivity index (χ0) is 20.1. The molecule has 1 fully saturated rings.